The predicted molar refractivity (Wildman–Crippen MR) is 121 cm³/mol. The van der Waals surface area contributed by atoms with Crippen molar-refractivity contribution in [2.24, 2.45) is 11.8 Å². The SMILES string of the molecule is CC1CC1C(=O)Nc1cccc(C(=O)NCc2ccc(COc3ccccc3)cc2)c1. The molecule has 3 aromatic carbocycles. The van der Waals surface area contributed by atoms with Gasteiger partial charge in [0.2, 0.25) is 5.91 Å². The zero-order valence-electron chi connectivity index (χ0n) is 17.5. The first kappa shape index (κ1) is 20.7. The van der Waals surface area contributed by atoms with Gasteiger partial charge < -0.3 is 15.4 Å². The van der Waals surface area contributed by atoms with Gasteiger partial charge in [-0.1, -0.05) is 55.5 Å². The van der Waals surface area contributed by atoms with Crippen molar-refractivity contribution in [1.82, 2.24) is 5.32 Å². The fourth-order valence-electron chi connectivity index (χ4n) is 3.38. The van der Waals surface area contributed by atoms with Crippen LogP contribution in [-0.2, 0) is 17.9 Å². The number of anilines is 1. The summed E-state index contributed by atoms with van der Waals surface area (Å²) in [5.41, 5.74) is 3.24. The van der Waals surface area contributed by atoms with Crippen molar-refractivity contribution in [1.29, 1.82) is 0 Å². The molecule has 0 aromatic heterocycles. The molecular weight excluding hydrogens is 388 g/mol. The van der Waals surface area contributed by atoms with Crippen molar-refractivity contribution in [3.05, 3.63) is 95.6 Å². The van der Waals surface area contributed by atoms with Gasteiger partial charge in [0, 0.05) is 23.7 Å². The number of rotatable bonds is 8. The average molecular weight is 415 g/mol. The van der Waals surface area contributed by atoms with Gasteiger partial charge in [-0.3, -0.25) is 9.59 Å². The van der Waals surface area contributed by atoms with Crippen molar-refractivity contribution in [2.45, 2.75) is 26.5 Å². The van der Waals surface area contributed by atoms with Gasteiger partial charge in [0.25, 0.3) is 5.91 Å². The molecule has 1 aliphatic rings. The molecule has 2 amide bonds. The highest BCUT2D eigenvalue weighted by molar-refractivity contribution is 5.98. The second kappa shape index (κ2) is 9.47. The molecule has 31 heavy (non-hydrogen) atoms. The van der Waals surface area contributed by atoms with Crippen LogP contribution in [-0.4, -0.2) is 11.8 Å². The van der Waals surface area contributed by atoms with E-state index < -0.39 is 0 Å². The summed E-state index contributed by atoms with van der Waals surface area (Å²) in [4.78, 5) is 24.6. The van der Waals surface area contributed by atoms with E-state index in [1.54, 1.807) is 24.3 Å². The number of hydrogen-bond acceptors (Lipinski definition) is 3. The fourth-order valence-corrected chi connectivity index (χ4v) is 3.38. The molecule has 5 heteroatoms. The zero-order valence-corrected chi connectivity index (χ0v) is 17.5. The maximum atomic E-state index is 12.5. The van der Waals surface area contributed by atoms with Gasteiger partial charge in [-0.25, -0.2) is 0 Å². The normalized spacial score (nSPS) is 16.9. The molecule has 4 rings (SSSR count). The first-order valence-electron chi connectivity index (χ1n) is 10.5. The third-order valence-electron chi connectivity index (χ3n) is 5.46. The van der Waals surface area contributed by atoms with Crippen molar-refractivity contribution < 1.29 is 14.3 Å². The molecule has 0 heterocycles. The first-order valence-corrected chi connectivity index (χ1v) is 10.5. The molecule has 0 spiro atoms. The molecule has 1 fully saturated rings. The minimum Gasteiger partial charge on any atom is -0.489 e. The summed E-state index contributed by atoms with van der Waals surface area (Å²) in [5, 5.41) is 5.83. The Bertz CT molecular complexity index is 1050. The lowest BCUT2D eigenvalue weighted by molar-refractivity contribution is -0.117. The van der Waals surface area contributed by atoms with E-state index in [0.29, 0.717) is 30.3 Å². The van der Waals surface area contributed by atoms with E-state index in [1.165, 1.54) is 0 Å². The number of amides is 2. The van der Waals surface area contributed by atoms with Gasteiger partial charge in [-0.05, 0) is 53.8 Å². The Balaban J connectivity index is 1.27. The maximum absolute atomic E-state index is 12.5. The van der Waals surface area contributed by atoms with E-state index in [1.807, 2.05) is 54.6 Å². The van der Waals surface area contributed by atoms with Gasteiger partial charge in [0.05, 0.1) is 0 Å². The molecule has 2 unspecified atom stereocenters. The lowest BCUT2D eigenvalue weighted by Gasteiger charge is -2.09. The van der Waals surface area contributed by atoms with Crippen LogP contribution in [0.2, 0.25) is 0 Å². The van der Waals surface area contributed by atoms with Gasteiger partial charge in [0.1, 0.15) is 12.4 Å². The van der Waals surface area contributed by atoms with Gasteiger partial charge >= 0.3 is 0 Å². The molecule has 0 bridgehead atoms. The molecule has 5 nitrogen and oxygen atoms in total. The van der Waals surface area contributed by atoms with Crippen molar-refractivity contribution in [3.63, 3.8) is 0 Å². The number of ether oxygens (including phenoxy) is 1. The predicted octanol–water partition coefficient (Wildman–Crippen LogP) is 4.79. The van der Waals surface area contributed by atoms with Gasteiger partial charge in [-0.15, -0.1) is 0 Å². The second-order valence-corrected chi connectivity index (χ2v) is 7.99. The number of para-hydroxylation sites is 1. The van der Waals surface area contributed by atoms with Crippen molar-refractivity contribution >= 4 is 17.5 Å². The summed E-state index contributed by atoms with van der Waals surface area (Å²) in [6.45, 7) is 2.99. The third kappa shape index (κ3) is 5.72. The Kier molecular flexibility index (Phi) is 6.32. The smallest absolute Gasteiger partial charge is 0.251 e. The van der Waals surface area contributed by atoms with Crippen LogP contribution in [0, 0.1) is 11.8 Å². The highest BCUT2D eigenvalue weighted by atomic mass is 16.5. The van der Waals surface area contributed by atoms with Gasteiger partial charge in [-0.2, -0.15) is 0 Å². The van der Waals surface area contributed by atoms with Crippen LogP contribution in [0.15, 0.2) is 78.9 Å². The molecule has 2 atom stereocenters. The molecule has 2 N–H and O–H groups in total. The molecule has 1 aliphatic carbocycles. The summed E-state index contributed by atoms with van der Waals surface area (Å²) in [5.74, 6) is 1.24. The fraction of sp³-hybridized carbons (Fsp3) is 0.231. The monoisotopic (exact) mass is 414 g/mol. The van der Waals surface area contributed by atoms with Crippen LogP contribution >= 0.6 is 0 Å². The summed E-state index contributed by atoms with van der Waals surface area (Å²) >= 11 is 0. The van der Waals surface area contributed by atoms with Crippen LogP contribution in [0.25, 0.3) is 0 Å². The van der Waals surface area contributed by atoms with Gasteiger partial charge in [0.15, 0.2) is 0 Å². The number of hydrogen-bond donors (Lipinski definition) is 2. The van der Waals surface area contributed by atoms with Crippen molar-refractivity contribution in [2.75, 3.05) is 5.32 Å². The van der Waals surface area contributed by atoms with Crippen LogP contribution in [0.3, 0.4) is 0 Å². The summed E-state index contributed by atoms with van der Waals surface area (Å²) in [7, 11) is 0. The molecule has 0 radical (unpaired) electrons. The Morgan fingerprint density at radius 1 is 0.935 bits per heavy atom. The lowest BCUT2D eigenvalue weighted by Crippen LogP contribution is -2.23. The first-order chi connectivity index (χ1) is 15.1. The largest absolute Gasteiger partial charge is 0.489 e. The number of carbonyl (C=O) groups is 2. The minimum atomic E-state index is -0.174. The Morgan fingerprint density at radius 3 is 2.35 bits per heavy atom. The van der Waals surface area contributed by atoms with E-state index in [0.717, 1.165) is 23.3 Å². The molecule has 3 aromatic rings. The number of nitrogens with one attached hydrogen (secondary N) is 2. The average Bonchev–Trinajstić information content (AvgIpc) is 3.54. The minimum absolute atomic E-state index is 0.0291. The molecule has 1 saturated carbocycles. The zero-order chi connectivity index (χ0) is 21.6. The standard InChI is InChI=1S/C26H26N2O3/c1-18-14-24(18)26(30)28-22-7-5-6-21(15-22)25(29)27-16-19-10-12-20(13-11-19)17-31-23-8-3-2-4-9-23/h2-13,15,18,24H,14,16-17H2,1H3,(H,27,29)(H,28,30). The quantitative estimate of drug-likeness (QED) is 0.557. The lowest BCUT2D eigenvalue weighted by atomic mass is 10.1. The molecule has 0 saturated heterocycles. The van der Waals surface area contributed by atoms with E-state index >= 15 is 0 Å². The molecule has 0 aliphatic heterocycles. The molecule has 158 valence electrons. The van der Waals surface area contributed by atoms with Crippen molar-refractivity contribution in [3.8, 4) is 5.75 Å². The second-order valence-electron chi connectivity index (χ2n) is 7.99. The topological polar surface area (TPSA) is 67.4 Å². The highest BCUT2D eigenvalue weighted by Gasteiger charge is 2.39. The Labute approximate surface area is 182 Å². The van der Waals surface area contributed by atoms with Crippen LogP contribution in [0.4, 0.5) is 5.69 Å². The maximum Gasteiger partial charge on any atom is 0.251 e. The Morgan fingerprint density at radius 2 is 1.65 bits per heavy atom. The summed E-state index contributed by atoms with van der Waals surface area (Å²) < 4.78 is 5.75. The van der Waals surface area contributed by atoms with E-state index in [9.17, 15) is 9.59 Å². The van der Waals surface area contributed by atoms with E-state index in [4.69, 9.17) is 4.74 Å². The van der Waals surface area contributed by atoms with Crippen LogP contribution in [0.1, 0.15) is 34.8 Å². The number of benzene rings is 3. The number of carbonyl (C=O) groups excluding carboxylic acids is 2. The van der Waals surface area contributed by atoms with E-state index in [2.05, 4.69) is 17.6 Å². The highest BCUT2D eigenvalue weighted by Crippen LogP contribution is 2.38. The Hall–Kier alpha value is -3.60. The van der Waals surface area contributed by atoms with Crippen LogP contribution < -0.4 is 15.4 Å². The summed E-state index contributed by atoms with van der Waals surface area (Å²) in [6.07, 6.45) is 0.934. The van der Waals surface area contributed by atoms with Crippen LogP contribution in [0.5, 0.6) is 5.75 Å². The third-order valence-corrected chi connectivity index (χ3v) is 5.46. The molecular formula is C26H26N2O3. The van der Waals surface area contributed by atoms with E-state index in [-0.39, 0.29) is 17.7 Å². The summed E-state index contributed by atoms with van der Waals surface area (Å²) in [6, 6.07) is 24.7.